The lowest BCUT2D eigenvalue weighted by Crippen LogP contribution is -2.36. The van der Waals surface area contributed by atoms with Crippen LogP contribution in [-0.4, -0.2) is 30.2 Å². The number of benzene rings is 2. The SMILES string of the molecule is COc1ccc(O[C@@H](C)C(=O)NCc2ccc(F)cc2)c(C(=O)O)c1. The number of ether oxygens (including phenoxy) is 2. The van der Waals surface area contributed by atoms with E-state index in [1.807, 2.05) is 0 Å². The molecule has 0 radical (unpaired) electrons. The van der Waals surface area contributed by atoms with Gasteiger partial charge < -0.3 is 19.9 Å². The van der Waals surface area contributed by atoms with Crippen molar-refractivity contribution in [2.24, 2.45) is 0 Å². The van der Waals surface area contributed by atoms with Crippen LogP contribution in [-0.2, 0) is 11.3 Å². The molecule has 2 aromatic carbocycles. The zero-order valence-corrected chi connectivity index (χ0v) is 13.8. The first-order valence-electron chi connectivity index (χ1n) is 7.51. The fourth-order valence-electron chi connectivity index (χ4n) is 2.09. The predicted octanol–water partition coefficient (Wildman–Crippen LogP) is 2.62. The maximum absolute atomic E-state index is 12.8. The quantitative estimate of drug-likeness (QED) is 0.804. The number of methoxy groups -OCH3 is 1. The number of halogens is 1. The number of hydrogen-bond donors (Lipinski definition) is 2. The molecule has 0 heterocycles. The summed E-state index contributed by atoms with van der Waals surface area (Å²) in [6, 6.07) is 10.0. The molecule has 0 aliphatic rings. The number of carbonyl (C=O) groups is 2. The van der Waals surface area contributed by atoms with Crippen molar-refractivity contribution in [2.75, 3.05) is 7.11 Å². The van der Waals surface area contributed by atoms with Gasteiger partial charge in [-0.25, -0.2) is 9.18 Å². The standard InChI is InChI=1S/C18H18FNO5/c1-11(17(21)20-10-12-3-5-13(19)6-4-12)25-16-8-7-14(24-2)9-15(16)18(22)23/h3-9,11H,10H2,1-2H3,(H,20,21)(H,22,23)/t11-/m0/s1. The summed E-state index contributed by atoms with van der Waals surface area (Å²) in [5.74, 6) is -1.52. The summed E-state index contributed by atoms with van der Waals surface area (Å²) in [6.07, 6.45) is -0.910. The third-order valence-electron chi connectivity index (χ3n) is 3.47. The summed E-state index contributed by atoms with van der Waals surface area (Å²) >= 11 is 0. The molecule has 0 unspecified atom stereocenters. The van der Waals surface area contributed by atoms with E-state index in [0.717, 1.165) is 5.56 Å². The van der Waals surface area contributed by atoms with Gasteiger partial charge in [0.25, 0.3) is 5.91 Å². The van der Waals surface area contributed by atoms with Crippen LogP contribution < -0.4 is 14.8 Å². The second kappa shape index (κ2) is 8.14. The average Bonchev–Trinajstić information content (AvgIpc) is 2.61. The van der Waals surface area contributed by atoms with E-state index in [0.29, 0.717) is 5.75 Å². The minimum Gasteiger partial charge on any atom is -0.497 e. The lowest BCUT2D eigenvalue weighted by molar-refractivity contribution is -0.127. The van der Waals surface area contributed by atoms with Crippen LogP contribution in [0.3, 0.4) is 0 Å². The zero-order valence-electron chi connectivity index (χ0n) is 13.8. The number of carboxylic acids is 1. The zero-order chi connectivity index (χ0) is 18.4. The molecule has 132 valence electrons. The van der Waals surface area contributed by atoms with Gasteiger partial charge in [0.15, 0.2) is 6.10 Å². The lowest BCUT2D eigenvalue weighted by atomic mass is 10.2. The van der Waals surface area contributed by atoms with Gasteiger partial charge in [-0.1, -0.05) is 12.1 Å². The first-order chi connectivity index (χ1) is 11.9. The number of aromatic carboxylic acids is 1. The Hall–Kier alpha value is -3.09. The van der Waals surface area contributed by atoms with Gasteiger partial charge in [-0.2, -0.15) is 0 Å². The van der Waals surface area contributed by atoms with E-state index >= 15 is 0 Å². The van der Waals surface area contributed by atoms with Gasteiger partial charge in [-0.3, -0.25) is 4.79 Å². The Morgan fingerprint density at radius 1 is 1.20 bits per heavy atom. The second-order valence-electron chi connectivity index (χ2n) is 5.27. The smallest absolute Gasteiger partial charge is 0.339 e. The van der Waals surface area contributed by atoms with Crippen LogP contribution in [0.15, 0.2) is 42.5 Å². The van der Waals surface area contributed by atoms with Crippen molar-refractivity contribution in [3.8, 4) is 11.5 Å². The van der Waals surface area contributed by atoms with Gasteiger partial charge >= 0.3 is 5.97 Å². The molecule has 6 nitrogen and oxygen atoms in total. The molecule has 2 aromatic rings. The number of carbonyl (C=O) groups excluding carboxylic acids is 1. The highest BCUT2D eigenvalue weighted by Gasteiger charge is 2.19. The van der Waals surface area contributed by atoms with Crippen molar-refractivity contribution in [2.45, 2.75) is 19.6 Å². The Balaban J connectivity index is 2.01. The third kappa shape index (κ3) is 4.94. The Morgan fingerprint density at radius 2 is 1.88 bits per heavy atom. The van der Waals surface area contributed by atoms with E-state index in [9.17, 15) is 19.1 Å². The summed E-state index contributed by atoms with van der Waals surface area (Å²) in [7, 11) is 1.42. The number of carboxylic acid groups (broad SMARTS) is 1. The molecule has 0 aromatic heterocycles. The fraction of sp³-hybridized carbons (Fsp3) is 0.222. The van der Waals surface area contributed by atoms with Gasteiger partial charge in [-0.05, 0) is 42.8 Å². The van der Waals surface area contributed by atoms with E-state index < -0.39 is 18.0 Å². The summed E-state index contributed by atoms with van der Waals surface area (Å²) < 4.78 is 23.3. The molecule has 2 rings (SSSR count). The summed E-state index contributed by atoms with van der Waals surface area (Å²) in [5.41, 5.74) is 0.634. The highest BCUT2D eigenvalue weighted by Crippen LogP contribution is 2.25. The molecule has 0 fully saturated rings. The maximum atomic E-state index is 12.8. The molecular weight excluding hydrogens is 329 g/mol. The van der Waals surface area contributed by atoms with Crippen LogP contribution >= 0.6 is 0 Å². The van der Waals surface area contributed by atoms with Crippen molar-refractivity contribution in [3.63, 3.8) is 0 Å². The first kappa shape index (κ1) is 18.3. The second-order valence-corrected chi connectivity index (χ2v) is 5.27. The van der Waals surface area contributed by atoms with Crippen molar-refractivity contribution >= 4 is 11.9 Å². The Labute approximate surface area is 144 Å². The monoisotopic (exact) mass is 347 g/mol. The Kier molecular flexibility index (Phi) is 5.94. The van der Waals surface area contributed by atoms with E-state index in [-0.39, 0.29) is 23.7 Å². The molecule has 1 atom stereocenters. The molecule has 0 aliphatic carbocycles. The summed E-state index contributed by atoms with van der Waals surface area (Å²) in [5, 5.41) is 11.9. The van der Waals surface area contributed by atoms with Crippen molar-refractivity contribution < 1.29 is 28.6 Å². The summed E-state index contributed by atoms with van der Waals surface area (Å²) in [4.78, 5) is 23.4. The first-order valence-corrected chi connectivity index (χ1v) is 7.51. The molecule has 7 heteroatoms. The molecule has 0 saturated heterocycles. The fourth-order valence-corrected chi connectivity index (χ4v) is 2.09. The Morgan fingerprint density at radius 3 is 2.48 bits per heavy atom. The normalized spacial score (nSPS) is 11.5. The van der Waals surface area contributed by atoms with Crippen LogP contribution in [0, 0.1) is 5.82 Å². The van der Waals surface area contributed by atoms with Gasteiger partial charge in [0, 0.05) is 6.54 Å². The molecule has 1 amide bonds. The highest BCUT2D eigenvalue weighted by molar-refractivity contribution is 5.91. The Bertz CT molecular complexity index is 761. The van der Waals surface area contributed by atoms with E-state index in [4.69, 9.17) is 9.47 Å². The van der Waals surface area contributed by atoms with Gasteiger partial charge in [0.2, 0.25) is 0 Å². The number of amides is 1. The average molecular weight is 347 g/mol. The van der Waals surface area contributed by atoms with Crippen LogP contribution in [0.1, 0.15) is 22.8 Å². The molecule has 0 spiro atoms. The third-order valence-corrected chi connectivity index (χ3v) is 3.47. The maximum Gasteiger partial charge on any atom is 0.339 e. The summed E-state index contributed by atoms with van der Waals surface area (Å²) in [6.45, 7) is 1.72. The van der Waals surface area contributed by atoms with Crippen LogP contribution in [0.2, 0.25) is 0 Å². The molecular formula is C18H18FNO5. The predicted molar refractivity (Wildman–Crippen MR) is 88.3 cm³/mol. The van der Waals surface area contributed by atoms with Gasteiger partial charge in [-0.15, -0.1) is 0 Å². The van der Waals surface area contributed by atoms with Crippen LogP contribution in [0.25, 0.3) is 0 Å². The topological polar surface area (TPSA) is 84.9 Å². The largest absolute Gasteiger partial charge is 0.497 e. The minimum atomic E-state index is -1.19. The lowest BCUT2D eigenvalue weighted by Gasteiger charge is -2.16. The van der Waals surface area contributed by atoms with E-state index in [2.05, 4.69) is 5.32 Å². The van der Waals surface area contributed by atoms with E-state index in [1.165, 1.54) is 38.3 Å². The molecule has 2 N–H and O–H groups in total. The van der Waals surface area contributed by atoms with Crippen LogP contribution in [0.5, 0.6) is 11.5 Å². The van der Waals surface area contributed by atoms with Crippen molar-refractivity contribution in [1.29, 1.82) is 0 Å². The van der Waals surface area contributed by atoms with Crippen molar-refractivity contribution in [1.82, 2.24) is 5.32 Å². The number of nitrogens with one attached hydrogen (secondary N) is 1. The number of hydrogen-bond acceptors (Lipinski definition) is 4. The molecule has 0 saturated carbocycles. The van der Waals surface area contributed by atoms with Crippen molar-refractivity contribution in [3.05, 3.63) is 59.4 Å². The molecule has 25 heavy (non-hydrogen) atoms. The van der Waals surface area contributed by atoms with Gasteiger partial charge in [0.1, 0.15) is 22.9 Å². The van der Waals surface area contributed by atoms with E-state index in [1.54, 1.807) is 18.2 Å². The van der Waals surface area contributed by atoms with Gasteiger partial charge in [0.05, 0.1) is 7.11 Å². The molecule has 0 aliphatic heterocycles. The van der Waals surface area contributed by atoms with Crippen LogP contribution in [0.4, 0.5) is 4.39 Å². The molecule has 0 bridgehead atoms. The number of rotatable bonds is 7. The minimum absolute atomic E-state index is 0.0673. The highest BCUT2D eigenvalue weighted by atomic mass is 19.1.